The SMILES string of the molecule is CC(=O)/C=C(/C)O.COc1ccc2nc(-c3[c-]cc(C#N)cc3)n(-c3ccccc3)c2c1.[Ir]. The van der Waals surface area contributed by atoms with E-state index in [0.717, 1.165) is 33.9 Å². The normalized spacial score (nSPS) is 10.4. The van der Waals surface area contributed by atoms with Gasteiger partial charge in [-0.15, -0.1) is 29.8 Å². The Balaban J connectivity index is 0.000000423. The van der Waals surface area contributed by atoms with Gasteiger partial charge in [-0.25, -0.2) is 5.26 Å². The predicted octanol–water partition coefficient (Wildman–Crippen LogP) is 5.41. The molecule has 3 aromatic carbocycles. The first kappa shape index (κ1) is 25.5. The zero-order valence-corrected chi connectivity index (χ0v) is 20.8. The van der Waals surface area contributed by atoms with Crippen LogP contribution in [-0.2, 0) is 24.9 Å². The van der Waals surface area contributed by atoms with Gasteiger partial charge in [0.2, 0.25) is 0 Å². The molecule has 0 aliphatic carbocycles. The standard InChI is InChI=1S/C21H14N3O.C5H8O2.Ir/c1-25-18-11-12-19-20(13-18)24(17-5-3-2-4-6-17)21(23-19)16-9-7-15(14-22)8-10-16;1-4(6)3-5(2)7;/h2-9,11-13H,1H3;3,6H,1-2H3;/q-1;;/b;4-3-;. The summed E-state index contributed by atoms with van der Waals surface area (Å²) in [7, 11) is 1.65. The monoisotopic (exact) mass is 617 g/mol. The maximum atomic E-state index is 10.0. The Hall–Kier alpha value is -3.72. The molecule has 1 aromatic heterocycles. The number of nitrogens with zero attached hydrogens (tertiary/aromatic N) is 3. The topological polar surface area (TPSA) is 88.1 Å². The Bertz CT molecular complexity index is 1300. The number of aromatic nitrogens is 2. The first-order valence-electron chi connectivity index (χ1n) is 9.85. The van der Waals surface area contributed by atoms with Gasteiger partial charge in [-0.2, -0.15) is 0 Å². The van der Waals surface area contributed by atoms with Crippen LogP contribution in [0.1, 0.15) is 19.4 Å². The number of hydrogen-bond donors (Lipinski definition) is 1. The molecule has 0 saturated carbocycles. The third-order valence-corrected chi connectivity index (χ3v) is 4.47. The Morgan fingerprint density at radius 1 is 1.15 bits per heavy atom. The van der Waals surface area contributed by atoms with Crippen molar-refractivity contribution in [2.45, 2.75) is 13.8 Å². The van der Waals surface area contributed by atoms with Crippen LogP contribution in [0.2, 0.25) is 0 Å². The van der Waals surface area contributed by atoms with Crippen LogP contribution >= 0.6 is 0 Å². The number of carbonyl (C=O) groups excluding carboxylic acids is 1. The summed E-state index contributed by atoms with van der Waals surface area (Å²) < 4.78 is 7.45. The van der Waals surface area contributed by atoms with E-state index < -0.39 is 0 Å². The number of imidazole rings is 1. The average molecular weight is 617 g/mol. The molecule has 0 bridgehead atoms. The van der Waals surface area contributed by atoms with Crippen molar-refractivity contribution < 1.29 is 34.7 Å². The number of aliphatic hydroxyl groups excluding tert-OH is 1. The number of methoxy groups -OCH3 is 1. The van der Waals surface area contributed by atoms with Crippen LogP contribution in [0, 0.1) is 17.4 Å². The molecule has 0 saturated heterocycles. The van der Waals surface area contributed by atoms with Crippen LogP contribution in [0.4, 0.5) is 0 Å². The van der Waals surface area contributed by atoms with Gasteiger partial charge in [-0.05, 0) is 43.7 Å². The molecule has 0 unspecified atom stereocenters. The van der Waals surface area contributed by atoms with Gasteiger partial charge in [0.1, 0.15) is 5.75 Å². The van der Waals surface area contributed by atoms with Gasteiger partial charge < -0.3 is 14.4 Å². The average Bonchev–Trinajstić information content (AvgIpc) is 3.17. The van der Waals surface area contributed by atoms with Crippen LogP contribution in [0.5, 0.6) is 5.75 Å². The summed E-state index contributed by atoms with van der Waals surface area (Å²) in [6, 6.07) is 26.5. The van der Waals surface area contributed by atoms with E-state index in [9.17, 15) is 4.79 Å². The second kappa shape index (κ2) is 11.8. The summed E-state index contributed by atoms with van der Waals surface area (Å²) in [5.41, 5.74) is 4.24. The first-order valence-corrected chi connectivity index (χ1v) is 9.85. The maximum absolute atomic E-state index is 10.0. The van der Waals surface area contributed by atoms with E-state index in [4.69, 9.17) is 20.1 Å². The number of hydrogen-bond acceptors (Lipinski definition) is 5. The van der Waals surface area contributed by atoms with Gasteiger partial charge in [0, 0.05) is 44.0 Å². The zero-order chi connectivity index (χ0) is 23.1. The summed E-state index contributed by atoms with van der Waals surface area (Å²) in [4.78, 5) is 14.8. The van der Waals surface area contributed by atoms with Crippen molar-refractivity contribution in [3.8, 4) is 28.9 Å². The Morgan fingerprint density at radius 3 is 2.39 bits per heavy atom. The minimum absolute atomic E-state index is 0. The summed E-state index contributed by atoms with van der Waals surface area (Å²) in [5, 5.41) is 17.4. The summed E-state index contributed by atoms with van der Waals surface area (Å²) in [6.45, 7) is 2.85. The molecule has 0 amide bonds. The van der Waals surface area contributed by atoms with E-state index >= 15 is 0 Å². The van der Waals surface area contributed by atoms with Gasteiger partial charge in [0.25, 0.3) is 0 Å². The molecule has 0 atom stereocenters. The van der Waals surface area contributed by atoms with Crippen molar-refractivity contribution in [3.05, 3.63) is 90.2 Å². The molecule has 7 heteroatoms. The van der Waals surface area contributed by atoms with E-state index in [0.29, 0.717) is 5.56 Å². The number of rotatable bonds is 4. The molecule has 1 N–H and O–H groups in total. The number of para-hydroxylation sites is 1. The van der Waals surface area contributed by atoms with Gasteiger partial charge in [-0.1, -0.05) is 18.2 Å². The van der Waals surface area contributed by atoms with Gasteiger partial charge in [0.05, 0.1) is 29.7 Å². The second-order valence-electron chi connectivity index (χ2n) is 6.96. The van der Waals surface area contributed by atoms with Crippen molar-refractivity contribution >= 4 is 16.8 Å². The number of carbonyl (C=O) groups is 1. The Labute approximate surface area is 206 Å². The quantitative estimate of drug-likeness (QED) is 0.188. The van der Waals surface area contributed by atoms with Crippen LogP contribution < -0.4 is 4.74 Å². The van der Waals surface area contributed by atoms with E-state index in [1.807, 2.05) is 54.6 Å². The zero-order valence-electron chi connectivity index (χ0n) is 18.4. The molecule has 4 rings (SSSR count). The van der Waals surface area contributed by atoms with Gasteiger partial charge >= 0.3 is 0 Å². The molecular formula is C26H22IrN3O3-. The van der Waals surface area contributed by atoms with Crippen LogP contribution in [0.25, 0.3) is 28.1 Å². The fourth-order valence-corrected chi connectivity index (χ4v) is 3.13. The Kier molecular flexibility index (Phi) is 9.11. The molecular weight excluding hydrogens is 595 g/mol. The molecule has 1 radical (unpaired) electrons. The molecule has 0 aliphatic heterocycles. The maximum Gasteiger partial charge on any atom is 0.155 e. The number of ether oxygens (including phenoxy) is 1. The second-order valence-corrected chi connectivity index (χ2v) is 6.96. The van der Waals surface area contributed by atoms with Crippen LogP contribution in [0.15, 0.2) is 78.6 Å². The molecule has 0 spiro atoms. The van der Waals surface area contributed by atoms with E-state index in [2.05, 4.69) is 16.7 Å². The minimum atomic E-state index is -0.125. The molecule has 33 heavy (non-hydrogen) atoms. The summed E-state index contributed by atoms with van der Waals surface area (Å²) in [5.74, 6) is 1.49. The summed E-state index contributed by atoms with van der Waals surface area (Å²) in [6.07, 6.45) is 1.17. The summed E-state index contributed by atoms with van der Waals surface area (Å²) >= 11 is 0. The largest absolute Gasteiger partial charge is 0.512 e. The third kappa shape index (κ3) is 6.39. The van der Waals surface area contributed by atoms with E-state index in [1.54, 1.807) is 19.2 Å². The first-order chi connectivity index (χ1) is 15.4. The van der Waals surface area contributed by atoms with E-state index in [1.165, 1.54) is 19.9 Å². The van der Waals surface area contributed by atoms with Gasteiger partial charge in [0.15, 0.2) is 5.78 Å². The number of fused-ring (bicyclic) bond motifs is 1. The van der Waals surface area contributed by atoms with Crippen molar-refractivity contribution in [1.29, 1.82) is 5.26 Å². The van der Waals surface area contributed by atoms with Crippen molar-refractivity contribution in [2.75, 3.05) is 7.11 Å². The van der Waals surface area contributed by atoms with Crippen LogP contribution in [0.3, 0.4) is 0 Å². The predicted molar refractivity (Wildman–Crippen MR) is 124 cm³/mol. The third-order valence-electron chi connectivity index (χ3n) is 4.47. The molecule has 1 heterocycles. The van der Waals surface area contributed by atoms with Crippen molar-refractivity contribution in [2.24, 2.45) is 0 Å². The van der Waals surface area contributed by atoms with Crippen molar-refractivity contribution in [3.63, 3.8) is 0 Å². The molecule has 169 valence electrons. The van der Waals surface area contributed by atoms with Crippen LogP contribution in [-0.4, -0.2) is 27.6 Å². The molecule has 0 aliphatic rings. The Morgan fingerprint density at radius 2 is 1.88 bits per heavy atom. The number of ketones is 1. The fraction of sp³-hybridized carbons (Fsp3) is 0.115. The molecule has 4 aromatic rings. The fourth-order valence-electron chi connectivity index (χ4n) is 3.13. The smallest absolute Gasteiger partial charge is 0.155 e. The number of aliphatic hydroxyl groups is 1. The molecule has 6 nitrogen and oxygen atoms in total. The number of allylic oxidation sites excluding steroid dienone is 2. The van der Waals surface area contributed by atoms with Gasteiger partial charge in [-0.3, -0.25) is 9.78 Å². The molecule has 0 fully saturated rings. The number of nitriles is 1. The number of benzene rings is 3. The van der Waals surface area contributed by atoms with E-state index in [-0.39, 0.29) is 31.6 Å². The minimum Gasteiger partial charge on any atom is -0.512 e. The van der Waals surface area contributed by atoms with Crippen molar-refractivity contribution in [1.82, 2.24) is 9.55 Å².